The standard InChI is InChI=1S/Cd.2NO3/c;2*2-1(3)4/q+2;2*-1. The third-order valence-corrected chi connectivity index (χ3v) is 0. The smallest absolute Gasteiger partial charge is 0.356 e. The van der Waals surface area contributed by atoms with E-state index in [2.05, 4.69) is 0 Å². The molecular formula is CdN2O6. The van der Waals surface area contributed by atoms with Gasteiger partial charge >= 0.3 is 27.3 Å². The van der Waals surface area contributed by atoms with Gasteiger partial charge in [-0.3, -0.25) is 0 Å². The van der Waals surface area contributed by atoms with Crippen LogP contribution in [0.25, 0.3) is 0 Å². The van der Waals surface area contributed by atoms with Gasteiger partial charge in [-0.1, -0.05) is 0 Å². The van der Waals surface area contributed by atoms with E-state index in [0.29, 0.717) is 0 Å². The second-order valence-corrected chi connectivity index (χ2v) is 0.447. The molecule has 9 heteroatoms. The molecule has 0 bridgehead atoms. The molecule has 0 rings (SSSR count). The van der Waals surface area contributed by atoms with E-state index in [4.69, 9.17) is 30.6 Å². The SMILES string of the molecule is O=[N+]([O-])[O-].O=[N+]([O-])[O-].[Cd+2]. The normalized spacial score (nSPS) is 5.33. The number of rotatable bonds is 0. The molecule has 0 aliphatic heterocycles. The van der Waals surface area contributed by atoms with Gasteiger partial charge in [0.2, 0.25) is 0 Å². The first-order valence-electron chi connectivity index (χ1n) is 1.10. The van der Waals surface area contributed by atoms with Crippen molar-refractivity contribution in [2.75, 3.05) is 0 Å². The predicted molar refractivity (Wildman–Crippen MR) is 20.7 cm³/mol. The van der Waals surface area contributed by atoms with Gasteiger partial charge in [0.25, 0.3) is 0 Å². The molecule has 0 aliphatic rings. The molecule has 0 spiro atoms. The quantitative estimate of drug-likeness (QED) is 0.317. The molecule has 0 atom stereocenters. The molecular weight excluding hydrogens is 236 g/mol. The third-order valence-electron chi connectivity index (χ3n) is 0. The van der Waals surface area contributed by atoms with Crippen LogP contribution in [0.4, 0.5) is 0 Å². The van der Waals surface area contributed by atoms with Crippen molar-refractivity contribution in [3.05, 3.63) is 30.6 Å². The predicted octanol–water partition coefficient (Wildman–Crippen LogP) is -0.481. The van der Waals surface area contributed by atoms with Gasteiger partial charge in [0.15, 0.2) is 0 Å². The fourth-order valence-corrected chi connectivity index (χ4v) is 0. The van der Waals surface area contributed by atoms with Crippen LogP contribution in [0.3, 0.4) is 0 Å². The van der Waals surface area contributed by atoms with E-state index in [-0.39, 0.29) is 27.3 Å². The Bertz CT molecular complexity index is 69.1. The van der Waals surface area contributed by atoms with Crippen LogP contribution in [0.1, 0.15) is 0 Å². The first-order chi connectivity index (χ1) is 3.46. The van der Waals surface area contributed by atoms with Gasteiger partial charge in [-0.15, -0.1) is 0 Å². The van der Waals surface area contributed by atoms with Crippen LogP contribution in [0.15, 0.2) is 0 Å². The van der Waals surface area contributed by atoms with Crippen molar-refractivity contribution in [1.29, 1.82) is 0 Å². The maximum absolute atomic E-state index is 8.25. The summed E-state index contributed by atoms with van der Waals surface area (Å²) >= 11 is 0. The molecule has 0 amide bonds. The fourth-order valence-electron chi connectivity index (χ4n) is 0. The van der Waals surface area contributed by atoms with Gasteiger partial charge in [0.05, 0.1) is 10.2 Å². The molecule has 0 saturated carbocycles. The van der Waals surface area contributed by atoms with Gasteiger partial charge in [-0.2, -0.15) is 0 Å². The topological polar surface area (TPSA) is 132 Å². The Morgan fingerprint density at radius 1 is 0.778 bits per heavy atom. The molecule has 0 unspecified atom stereocenters. The molecule has 48 valence electrons. The average molecular weight is 236 g/mol. The Morgan fingerprint density at radius 3 is 0.778 bits per heavy atom. The van der Waals surface area contributed by atoms with E-state index >= 15 is 0 Å². The Balaban J connectivity index is -0.0000000720. The van der Waals surface area contributed by atoms with Gasteiger partial charge in [-0.05, 0) is 0 Å². The minimum Gasteiger partial charge on any atom is -0.356 e. The van der Waals surface area contributed by atoms with Gasteiger partial charge in [-0.25, -0.2) is 0 Å². The van der Waals surface area contributed by atoms with Crippen molar-refractivity contribution in [2.24, 2.45) is 0 Å². The first-order valence-corrected chi connectivity index (χ1v) is 1.10. The molecule has 0 radical (unpaired) electrons. The molecule has 8 nitrogen and oxygen atoms in total. The molecule has 0 aromatic carbocycles. The maximum atomic E-state index is 8.25. The summed E-state index contributed by atoms with van der Waals surface area (Å²) in [7, 11) is 0. The van der Waals surface area contributed by atoms with Gasteiger partial charge in [0, 0.05) is 0 Å². The van der Waals surface area contributed by atoms with Crippen LogP contribution >= 0.6 is 0 Å². The molecule has 0 heterocycles. The summed E-state index contributed by atoms with van der Waals surface area (Å²) < 4.78 is 0. The number of nitrogens with zero attached hydrogens (tertiary/aromatic N) is 2. The Labute approximate surface area is 68.5 Å². The monoisotopic (exact) mass is 238 g/mol. The zero-order valence-electron chi connectivity index (χ0n) is 4.05. The van der Waals surface area contributed by atoms with Gasteiger partial charge in [0.1, 0.15) is 0 Å². The van der Waals surface area contributed by atoms with E-state index < -0.39 is 10.2 Å². The molecule has 0 aliphatic carbocycles. The summed E-state index contributed by atoms with van der Waals surface area (Å²) in [5, 5.41) is 29.5. The van der Waals surface area contributed by atoms with Gasteiger partial charge < -0.3 is 30.6 Å². The third kappa shape index (κ3) is 451. The van der Waals surface area contributed by atoms with Crippen LogP contribution in [0.5, 0.6) is 0 Å². The van der Waals surface area contributed by atoms with Crippen LogP contribution < -0.4 is 0 Å². The number of hydrogen-bond acceptors (Lipinski definition) is 6. The van der Waals surface area contributed by atoms with Crippen molar-refractivity contribution in [3.8, 4) is 0 Å². The maximum Gasteiger partial charge on any atom is 2.00 e. The minimum atomic E-state index is -1.75. The summed E-state index contributed by atoms with van der Waals surface area (Å²) in [5.41, 5.74) is 0. The second kappa shape index (κ2) is 10.3. The molecule has 0 aromatic rings. The summed E-state index contributed by atoms with van der Waals surface area (Å²) in [4.78, 5) is 16.5. The van der Waals surface area contributed by atoms with Crippen molar-refractivity contribution < 1.29 is 37.5 Å². The Kier molecular flexibility index (Phi) is 18.1. The zero-order valence-corrected chi connectivity index (χ0v) is 8.09. The average Bonchev–Trinajstić information content (AvgIpc) is 1.25. The summed E-state index contributed by atoms with van der Waals surface area (Å²) in [5.74, 6) is 0. The van der Waals surface area contributed by atoms with Crippen LogP contribution in [-0.2, 0) is 27.3 Å². The van der Waals surface area contributed by atoms with E-state index in [9.17, 15) is 0 Å². The van der Waals surface area contributed by atoms with Crippen LogP contribution in [0.2, 0.25) is 0 Å². The van der Waals surface area contributed by atoms with Crippen molar-refractivity contribution in [3.63, 3.8) is 0 Å². The fraction of sp³-hybridized carbons (Fsp3) is 0. The molecule has 0 aromatic heterocycles. The van der Waals surface area contributed by atoms with E-state index in [1.807, 2.05) is 0 Å². The summed E-state index contributed by atoms with van der Waals surface area (Å²) in [6.07, 6.45) is 0. The Morgan fingerprint density at radius 2 is 0.778 bits per heavy atom. The van der Waals surface area contributed by atoms with E-state index in [0.717, 1.165) is 0 Å². The molecule has 0 N–H and O–H groups in total. The Hall–Kier alpha value is -0.678. The van der Waals surface area contributed by atoms with Crippen molar-refractivity contribution in [2.45, 2.75) is 0 Å². The second-order valence-electron chi connectivity index (χ2n) is 0.447. The number of hydrogen-bond donors (Lipinski definition) is 0. The van der Waals surface area contributed by atoms with Crippen LogP contribution in [0, 0.1) is 30.6 Å². The van der Waals surface area contributed by atoms with Crippen LogP contribution in [-0.4, -0.2) is 10.2 Å². The first kappa shape index (κ1) is 15.8. The summed E-state index contributed by atoms with van der Waals surface area (Å²) in [6.45, 7) is 0. The zero-order chi connectivity index (χ0) is 7.15. The molecule has 0 fully saturated rings. The largest absolute Gasteiger partial charge is 2.00 e. The van der Waals surface area contributed by atoms with Crippen molar-refractivity contribution >= 4 is 0 Å². The minimum absolute atomic E-state index is 0. The molecule has 0 saturated heterocycles. The van der Waals surface area contributed by atoms with Crippen molar-refractivity contribution in [1.82, 2.24) is 0 Å². The van der Waals surface area contributed by atoms with E-state index in [1.165, 1.54) is 0 Å². The van der Waals surface area contributed by atoms with E-state index in [1.54, 1.807) is 0 Å². The molecule has 9 heavy (non-hydrogen) atoms. The summed E-state index contributed by atoms with van der Waals surface area (Å²) in [6, 6.07) is 0.